The number of hydrogen-bond donors (Lipinski definition) is 0. The van der Waals surface area contributed by atoms with Crippen molar-refractivity contribution in [2.24, 2.45) is 5.92 Å². The fourth-order valence-electron chi connectivity index (χ4n) is 2.13. The quantitative estimate of drug-likeness (QED) is 0.593. The van der Waals surface area contributed by atoms with Crippen LogP contribution < -0.4 is 0 Å². The van der Waals surface area contributed by atoms with Crippen molar-refractivity contribution in [3.8, 4) is 0 Å². The molecule has 0 bridgehead atoms. The van der Waals surface area contributed by atoms with Crippen molar-refractivity contribution >= 4 is 5.78 Å². The van der Waals surface area contributed by atoms with Gasteiger partial charge in [-0.2, -0.15) is 0 Å². The minimum atomic E-state index is 0.330. The molecule has 0 aromatic heterocycles. The van der Waals surface area contributed by atoms with Gasteiger partial charge in [-0.1, -0.05) is 39.5 Å². The maximum Gasteiger partial charge on any atom is 0.136 e. The second kappa shape index (κ2) is 5.41. The van der Waals surface area contributed by atoms with Crippen molar-refractivity contribution in [1.82, 2.24) is 0 Å². The molecule has 0 aromatic rings. The fraction of sp³-hybridized carbons (Fsp3) is 0.833. The maximum absolute atomic E-state index is 11.4. The van der Waals surface area contributed by atoms with Gasteiger partial charge in [0.05, 0.1) is 0 Å². The smallest absolute Gasteiger partial charge is 0.136 e. The lowest BCUT2D eigenvalue weighted by atomic mass is 9.91. The zero-order chi connectivity index (χ0) is 9.68. The van der Waals surface area contributed by atoms with E-state index in [2.05, 4.69) is 13.8 Å². The summed E-state index contributed by atoms with van der Waals surface area (Å²) in [4.78, 5) is 11.4. The summed E-state index contributed by atoms with van der Waals surface area (Å²) < 4.78 is 0. The van der Waals surface area contributed by atoms with Crippen molar-refractivity contribution in [2.45, 2.75) is 58.8 Å². The molecule has 0 aliphatic heterocycles. The van der Waals surface area contributed by atoms with E-state index >= 15 is 0 Å². The molecule has 1 fully saturated rings. The van der Waals surface area contributed by atoms with Crippen LogP contribution in [0.1, 0.15) is 58.8 Å². The van der Waals surface area contributed by atoms with Gasteiger partial charge in [-0.3, -0.25) is 4.79 Å². The average Bonchev–Trinajstić information content (AvgIpc) is 2.42. The third-order valence-corrected chi connectivity index (χ3v) is 3.10. The summed E-state index contributed by atoms with van der Waals surface area (Å²) in [5.41, 5.74) is 0. The SMILES string of the molecule is CCCCCCC1[C](C)CCC1=O. The van der Waals surface area contributed by atoms with Crippen molar-refractivity contribution in [3.05, 3.63) is 5.92 Å². The van der Waals surface area contributed by atoms with Crippen LogP contribution in [-0.2, 0) is 4.79 Å². The van der Waals surface area contributed by atoms with E-state index in [4.69, 9.17) is 0 Å². The zero-order valence-corrected chi connectivity index (χ0v) is 8.94. The van der Waals surface area contributed by atoms with Crippen LogP contribution in [0.5, 0.6) is 0 Å². The van der Waals surface area contributed by atoms with Crippen molar-refractivity contribution in [1.29, 1.82) is 0 Å². The van der Waals surface area contributed by atoms with Crippen LogP contribution in [0.4, 0.5) is 0 Å². The van der Waals surface area contributed by atoms with Crippen molar-refractivity contribution in [3.63, 3.8) is 0 Å². The molecule has 13 heavy (non-hydrogen) atoms. The van der Waals surface area contributed by atoms with E-state index < -0.39 is 0 Å². The summed E-state index contributed by atoms with van der Waals surface area (Å²) in [6.45, 7) is 4.37. The molecule has 0 saturated heterocycles. The summed E-state index contributed by atoms with van der Waals surface area (Å²) in [5.74, 6) is 2.26. The Labute approximate surface area is 81.9 Å². The number of rotatable bonds is 5. The third kappa shape index (κ3) is 3.13. The molecule has 0 spiro atoms. The van der Waals surface area contributed by atoms with E-state index in [-0.39, 0.29) is 0 Å². The fourth-order valence-corrected chi connectivity index (χ4v) is 2.13. The Hall–Kier alpha value is -0.330. The lowest BCUT2D eigenvalue weighted by Crippen LogP contribution is -2.10. The highest BCUT2D eigenvalue weighted by molar-refractivity contribution is 5.85. The molecule has 0 heterocycles. The molecule has 1 aliphatic rings. The summed E-state index contributed by atoms with van der Waals surface area (Å²) in [5, 5.41) is 0. The van der Waals surface area contributed by atoms with E-state index in [1.807, 2.05) is 0 Å². The Balaban J connectivity index is 2.16. The summed E-state index contributed by atoms with van der Waals surface area (Å²) in [7, 11) is 0. The van der Waals surface area contributed by atoms with Gasteiger partial charge in [0.1, 0.15) is 5.78 Å². The number of hydrogen-bond acceptors (Lipinski definition) is 1. The third-order valence-electron chi connectivity index (χ3n) is 3.10. The van der Waals surface area contributed by atoms with Gasteiger partial charge in [-0.15, -0.1) is 0 Å². The van der Waals surface area contributed by atoms with E-state index in [1.54, 1.807) is 0 Å². The number of carbonyl (C=O) groups excluding carboxylic acids is 1. The Morgan fingerprint density at radius 3 is 2.54 bits per heavy atom. The molecule has 0 aromatic carbocycles. The monoisotopic (exact) mass is 181 g/mol. The molecular weight excluding hydrogens is 160 g/mol. The summed E-state index contributed by atoms with van der Waals surface area (Å²) in [6, 6.07) is 0. The first-order valence-electron chi connectivity index (χ1n) is 5.60. The Morgan fingerprint density at radius 1 is 1.23 bits per heavy atom. The molecular formula is C12H21O. The van der Waals surface area contributed by atoms with Gasteiger partial charge in [-0.25, -0.2) is 0 Å². The molecule has 0 amide bonds. The molecule has 1 aliphatic carbocycles. The van der Waals surface area contributed by atoms with E-state index in [0.717, 1.165) is 19.3 Å². The van der Waals surface area contributed by atoms with Gasteiger partial charge in [0.2, 0.25) is 0 Å². The Kier molecular flexibility index (Phi) is 4.47. The van der Waals surface area contributed by atoms with Gasteiger partial charge >= 0.3 is 0 Å². The Bertz CT molecular complexity index is 163. The van der Waals surface area contributed by atoms with E-state index in [0.29, 0.717) is 11.7 Å². The second-order valence-corrected chi connectivity index (χ2v) is 4.21. The second-order valence-electron chi connectivity index (χ2n) is 4.21. The molecule has 0 N–H and O–H groups in total. The molecule has 75 valence electrons. The highest BCUT2D eigenvalue weighted by atomic mass is 16.1. The summed E-state index contributed by atoms with van der Waals surface area (Å²) in [6.07, 6.45) is 8.11. The number of unbranched alkanes of at least 4 members (excludes halogenated alkanes) is 3. The largest absolute Gasteiger partial charge is 0.299 e. The number of Topliss-reactive ketones (excluding diaryl/α,β-unsaturated/α-hetero) is 1. The molecule has 1 saturated carbocycles. The van der Waals surface area contributed by atoms with Gasteiger partial charge < -0.3 is 0 Å². The Morgan fingerprint density at radius 2 is 2.00 bits per heavy atom. The summed E-state index contributed by atoms with van der Waals surface area (Å²) >= 11 is 0. The first-order valence-corrected chi connectivity index (χ1v) is 5.60. The molecule has 1 nitrogen and oxygen atoms in total. The lowest BCUT2D eigenvalue weighted by molar-refractivity contribution is -0.120. The van der Waals surface area contributed by atoms with Gasteiger partial charge in [-0.05, 0) is 18.8 Å². The lowest BCUT2D eigenvalue weighted by Gasteiger charge is -2.12. The van der Waals surface area contributed by atoms with Gasteiger partial charge in [0.25, 0.3) is 0 Å². The van der Waals surface area contributed by atoms with Crippen LogP contribution in [0.25, 0.3) is 0 Å². The van der Waals surface area contributed by atoms with Crippen LogP contribution in [0.3, 0.4) is 0 Å². The predicted molar refractivity (Wildman–Crippen MR) is 55.4 cm³/mol. The number of ketones is 1. The van der Waals surface area contributed by atoms with Crippen LogP contribution >= 0.6 is 0 Å². The van der Waals surface area contributed by atoms with Crippen molar-refractivity contribution < 1.29 is 4.79 Å². The van der Waals surface area contributed by atoms with Crippen LogP contribution in [0, 0.1) is 11.8 Å². The highest BCUT2D eigenvalue weighted by Crippen LogP contribution is 2.33. The van der Waals surface area contributed by atoms with E-state index in [1.165, 1.54) is 31.6 Å². The minimum absolute atomic E-state index is 0.330. The van der Waals surface area contributed by atoms with Crippen LogP contribution in [0.2, 0.25) is 0 Å². The average molecular weight is 181 g/mol. The molecule has 1 rings (SSSR count). The molecule has 1 unspecified atom stereocenters. The molecule has 1 heteroatoms. The van der Waals surface area contributed by atoms with Crippen LogP contribution in [0.15, 0.2) is 0 Å². The first-order chi connectivity index (χ1) is 6.25. The molecule has 1 radical (unpaired) electrons. The highest BCUT2D eigenvalue weighted by Gasteiger charge is 2.30. The zero-order valence-electron chi connectivity index (χ0n) is 8.94. The minimum Gasteiger partial charge on any atom is -0.299 e. The molecule has 1 atom stereocenters. The van der Waals surface area contributed by atoms with E-state index in [9.17, 15) is 4.79 Å². The predicted octanol–water partition coefficient (Wildman–Crippen LogP) is 3.53. The standard InChI is InChI=1S/C12H21O/c1-3-4-5-6-7-11-10(2)8-9-12(11)13/h11H,3-9H2,1-2H3. The topological polar surface area (TPSA) is 17.1 Å². The van der Waals surface area contributed by atoms with Crippen LogP contribution in [-0.4, -0.2) is 5.78 Å². The van der Waals surface area contributed by atoms with Gasteiger partial charge in [0, 0.05) is 12.3 Å². The maximum atomic E-state index is 11.4. The first kappa shape index (κ1) is 10.7. The van der Waals surface area contributed by atoms with Crippen molar-refractivity contribution in [2.75, 3.05) is 0 Å². The normalized spacial score (nSPS) is 24.2. The number of carbonyl (C=O) groups is 1. The van der Waals surface area contributed by atoms with Gasteiger partial charge in [0.15, 0.2) is 0 Å².